The van der Waals surface area contributed by atoms with Crippen molar-refractivity contribution in [2.45, 2.75) is 19.9 Å². The van der Waals surface area contributed by atoms with E-state index >= 15 is 0 Å². The molecule has 1 N–H and O–H groups in total. The Labute approximate surface area is 48.7 Å². The maximum atomic E-state index is 4.82. The van der Waals surface area contributed by atoms with Crippen molar-refractivity contribution >= 4 is 5.84 Å². The van der Waals surface area contributed by atoms with Crippen LogP contribution in [0.3, 0.4) is 0 Å². The van der Waals surface area contributed by atoms with E-state index in [9.17, 15) is 0 Å². The lowest BCUT2D eigenvalue weighted by Gasteiger charge is -2.17. The summed E-state index contributed by atoms with van der Waals surface area (Å²) in [6.07, 6.45) is 0. The largest absolute Gasteiger partial charge is 0.392 e. The molecule has 3 heteroatoms. The van der Waals surface area contributed by atoms with Crippen LogP contribution < -0.4 is 5.32 Å². The van der Waals surface area contributed by atoms with Crippen molar-refractivity contribution in [3.63, 3.8) is 0 Å². The summed E-state index contributed by atoms with van der Waals surface area (Å²) in [5.41, 5.74) is 0. The first kappa shape index (κ1) is 5.41. The Bertz CT molecular complexity index is 111. The normalized spacial score (nSPS) is 27.8. The Hall–Kier alpha value is -0.730. The van der Waals surface area contributed by atoms with Gasteiger partial charge in [0.15, 0.2) is 0 Å². The van der Waals surface area contributed by atoms with E-state index in [1.54, 1.807) is 0 Å². The fourth-order valence-corrected chi connectivity index (χ4v) is 0.671. The zero-order valence-corrected chi connectivity index (χ0v) is 5.14. The third kappa shape index (κ3) is 1.12. The van der Waals surface area contributed by atoms with E-state index < -0.39 is 0 Å². The van der Waals surface area contributed by atoms with E-state index in [0.717, 1.165) is 5.84 Å². The van der Waals surface area contributed by atoms with Gasteiger partial charge in [-0.25, -0.2) is 0 Å². The molecule has 1 heterocycles. The summed E-state index contributed by atoms with van der Waals surface area (Å²) >= 11 is 0. The molecule has 0 aliphatic carbocycles. The highest BCUT2D eigenvalue weighted by atomic mass is 16.6. The highest BCUT2D eigenvalue weighted by Crippen LogP contribution is 1.91. The van der Waals surface area contributed by atoms with Crippen molar-refractivity contribution in [3.8, 4) is 0 Å². The standard InChI is InChI=1S/C5H10N2O/c1-4-3-8-7-5(2)6-4/h4H,3H2,1-2H3,(H,6,7). The van der Waals surface area contributed by atoms with Gasteiger partial charge in [-0.2, -0.15) is 0 Å². The SMILES string of the molecule is CC1=NOCC(C)N1. The summed E-state index contributed by atoms with van der Waals surface area (Å²) in [5, 5.41) is 6.79. The summed E-state index contributed by atoms with van der Waals surface area (Å²) in [5.74, 6) is 0.865. The number of hydrogen-bond donors (Lipinski definition) is 1. The molecule has 0 radical (unpaired) electrons. The summed E-state index contributed by atoms with van der Waals surface area (Å²) in [7, 11) is 0. The summed E-state index contributed by atoms with van der Waals surface area (Å²) < 4.78 is 0. The molecule has 1 aliphatic heterocycles. The molecule has 0 saturated carbocycles. The molecule has 0 bridgehead atoms. The number of amidine groups is 1. The minimum atomic E-state index is 0.410. The fraction of sp³-hybridized carbons (Fsp3) is 0.800. The molecule has 3 nitrogen and oxygen atoms in total. The van der Waals surface area contributed by atoms with Gasteiger partial charge in [-0.1, -0.05) is 5.16 Å². The van der Waals surface area contributed by atoms with E-state index in [1.165, 1.54) is 0 Å². The Balaban J connectivity index is 2.45. The van der Waals surface area contributed by atoms with Crippen molar-refractivity contribution in [1.29, 1.82) is 0 Å². The molecule has 8 heavy (non-hydrogen) atoms. The summed E-state index contributed by atoms with van der Waals surface area (Å²) in [6.45, 7) is 4.62. The van der Waals surface area contributed by atoms with Crippen molar-refractivity contribution in [1.82, 2.24) is 5.32 Å². The Kier molecular flexibility index (Phi) is 1.37. The molecular formula is C5H10N2O. The second-order valence-corrected chi connectivity index (χ2v) is 2.02. The third-order valence-corrected chi connectivity index (χ3v) is 0.981. The quantitative estimate of drug-likeness (QED) is 0.492. The predicted molar refractivity (Wildman–Crippen MR) is 31.7 cm³/mol. The van der Waals surface area contributed by atoms with Crippen LogP contribution in [0.5, 0.6) is 0 Å². The molecule has 46 valence electrons. The maximum Gasteiger partial charge on any atom is 0.139 e. The van der Waals surface area contributed by atoms with Gasteiger partial charge in [-0.3, -0.25) is 0 Å². The second kappa shape index (κ2) is 2.03. The van der Waals surface area contributed by atoms with Gasteiger partial charge < -0.3 is 10.2 Å². The smallest absolute Gasteiger partial charge is 0.139 e. The van der Waals surface area contributed by atoms with E-state index in [-0.39, 0.29) is 0 Å². The van der Waals surface area contributed by atoms with Gasteiger partial charge in [0.2, 0.25) is 0 Å². The minimum Gasteiger partial charge on any atom is -0.392 e. The molecule has 0 spiro atoms. The van der Waals surface area contributed by atoms with Crippen LogP contribution in [0, 0.1) is 0 Å². The van der Waals surface area contributed by atoms with Gasteiger partial charge in [0.1, 0.15) is 12.4 Å². The molecule has 0 saturated heterocycles. The van der Waals surface area contributed by atoms with Crippen LogP contribution in [0.2, 0.25) is 0 Å². The molecular weight excluding hydrogens is 104 g/mol. The number of hydrogen-bond acceptors (Lipinski definition) is 3. The lowest BCUT2D eigenvalue weighted by molar-refractivity contribution is 0.113. The van der Waals surface area contributed by atoms with Gasteiger partial charge in [-0.05, 0) is 13.8 Å². The van der Waals surface area contributed by atoms with Crippen molar-refractivity contribution in [3.05, 3.63) is 0 Å². The molecule has 0 fully saturated rings. The second-order valence-electron chi connectivity index (χ2n) is 2.02. The van der Waals surface area contributed by atoms with Crippen molar-refractivity contribution in [2.24, 2.45) is 5.16 Å². The molecule has 0 aromatic heterocycles. The Morgan fingerprint density at radius 2 is 2.62 bits per heavy atom. The zero-order chi connectivity index (χ0) is 5.98. The third-order valence-electron chi connectivity index (χ3n) is 0.981. The van der Waals surface area contributed by atoms with Gasteiger partial charge in [-0.15, -0.1) is 0 Å². The first-order valence-corrected chi connectivity index (χ1v) is 2.72. The minimum absolute atomic E-state index is 0.410. The number of rotatable bonds is 0. The molecule has 0 aromatic carbocycles. The average molecular weight is 114 g/mol. The molecule has 1 rings (SSSR count). The maximum absolute atomic E-state index is 4.82. The van der Waals surface area contributed by atoms with Crippen LogP contribution in [0.1, 0.15) is 13.8 Å². The van der Waals surface area contributed by atoms with Crippen LogP contribution in [0.15, 0.2) is 5.16 Å². The highest BCUT2D eigenvalue weighted by molar-refractivity contribution is 5.79. The van der Waals surface area contributed by atoms with Crippen LogP contribution >= 0.6 is 0 Å². The van der Waals surface area contributed by atoms with Gasteiger partial charge in [0, 0.05) is 0 Å². The molecule has 0 aromatic rings. The predicted octanol–water partition coefficient (Wildman–Crippen LogP) is 0.328. The van der Waals surface area contributed by atoms with Gasteiger partial charge >= 0.3 is 0 Å². The lowest BCUT2D eigenvalue weighted by Crippen LogP contribution is -2.37. The van der Waals surface area contributed by atoms with Gasteiger partial charge in [0.05, 0.1) is 6.04 Å². The first-order chi connectivity index (χ1) is 3.79. The fourth-order valence-electron chi connectivity index (χ4n) is 0.671. The highest BCUT2D eigenvalue weighted by Gasteiger charge is 2.06. The van der Waals surface area contributed by atoms with Crippen molar-refractivity contribution < 1.29 is 4.84 Å². The molecule has 1 atom stereocenters. The molecule has 1 aliphatic rings. The van der Waals surface area contributed by atoms with Crippen molar-refractivity contribution in [2.75, 3.05) is 6.61 Å². The zero-order valence-electron chi connectivity index (χ0n) is 5.14. The summed E-state index contributed by atoms with van der Waals surface area (Å²) in [6, 6.07) is 0.410. The topological polar surface area (TPSA) is 33.6 Å². The number of nitrogens with one attached hydrogen (secondary N) is 1. The number of nitrogens with zero attached hydrogens (tertiary/aromatic N) is 1. The Morgan fingerprint density at radius 1 is 1.88 bits per heavy atom. The van der Waals surface area contributed by atoms with Crippen LogP contribution in [-0.4, -0.2) is 18.5 Å². The van der Waals surface area contributed by atoms with Crippen LogP contribution in [-0.2, 0) is 4.84 Å². The van der Waals surface area contributed by atoms with Crippen LogP contribution in [0.25, 0.3) is 0 Å². The van der Waals surface area contributed by atoms with E-state index in [4.69, 9.17) is 4.84 Å². The summed E-state index contributed by atoms with van der Waals surface area (Å²) in [4.78, 5) is 4.82. The van der Waals surface area contributed by atoms with Gasteiger partial charge in [0.25, 0.3) is 0 Å². The monoisotopic (exact) mass is 114 g/mol. The average Bonchev–Trinajstić information content (AvgIpc) is 1.64. The van der Waals surface area contributed by atoms with E-state index in [0.29, 0.717) is 12.6 Å². The first-order valence-electron chi connectivity index (χ1n) is 2.72. The van der Waals surface area contributed by atoms with Crippen LogP contribution in [0.4, 0.5) is 0 Å². The van der Waals surface area contributed by atoms with E-state index in [1.807, 2.05) is 6.92 Å². The Morgan fingerprint density at radius 3 is 3.00 bits per heavy atom. The van der Waals surface area contributed by atoms with E-state index in [2.05, 4.69) is 17.4 Å². The number of oxime groups is 1. The molecule has 0 amide bonds. The lowest BCUT2D eigenvalue weighted by atomic mass is 10.3. The molecule has 1 unspecified atom stereocenters.